The number of rotatable bonds is 0. The molecule has 11 heavy (non-hydrogen) atoms. The molecule has 0 aromatic carbocycles. The van der Waals surface area contributed by atoms with E-state index in [1.54, 1.807) is 0 Å². The molecule has 1 aliphatic rings. The van der Waals surface area contributed by atoms with E-state index in [9.17, 15) is 0 Å². The maximum atomic E-state index is 3.18. The zero-order valence-corrected chi connectivity index (χ0v) is 13.1. The number of hydrogen-bond acceptors (Lipinski definition) is 0. The van der Waals surface area contributed by atoms with Crippen molar-refractivity contribution in [3.05, 3.63) is 24.3 Å². The van der Waals surface area contributed by atoms with Gasteiger partial charge in [-0.25, -0.2) is 12.2 Å². The normalized spacial score (nSPS) is 17.5. The van der Waals surface area contributed by atoms with E-state index in [-0.39, 0.29) is 69.0 Å². The van der Waals surface area contributed by atoms with Gasteiger partial charge in [0, 0.05) is 21.1 Å². The molecule has 0 heterocycles. The molecular weight excluding hydrogens is 545 g/mol. The SMILES string of the molecule is I.I.[C-]1=C/C=C\CCCC1.[Pt]. The summed E-state index contributed by atoms with van der Waals surface area (Å²) in [6, 6.07) is 0. The standard InChI is InChI=1S/C8H11.2HI.Pt/c1-2-4-6-8-7-5-3-1;;;/h1-3H,4,6-8H2;2*1H;/q-1;;;/b2-1-;;;. The second kappa shape index (κ2) is 14.2. The van der Waals surface area contributed by atoms with Crippen LogP contribution in [0.1, 0.15) is 25.7 Å². The fourth-order valence-electron chi connectivity index (χ4n) is 0.805. The number of allylic oxidation sites excluding steroid dienone is 4. The molecule has 0 aromatic rings. The van der Waals surface area contributed by atoms with Crippen LogP contribution in [0, 0.1) is 6.08 Å². The van der Waals surface area contributed by atoms with Crippen LogP contribution in [0.3, 0.4) is 0 Å². The number of halogens is 2. The first-order chi connectivity index (χ1) is 4.00. The van der Waals surface area contributed by atoms with Crippen LogP contribution in [0.2, 0.25) is 0 Å². The third-order valence-electron chi connectivity index (χ3n) is 1.29. The summed E-state index contributed by atoms with van der Waals surface area (Å²) in [6.07, 6.45) is 14.5. The largest absolute Gasteiger partial charge is 0.275 e. The Hall–Kier alpha value is 1.63. The van der Waals surface area contributed by atoms with Gasteiger partial charge in [0.2, 0.25) is 0 Å². The summed E-state index contributed by atoms with van der Waals surface area (Å²) in [5.74, 6) is 0. The summed E-state index contributed by atoms with van der Waals surface area (Å²) in [7, 11) is 0. The molecule has 0 saturated heterocycles. The van der Waals surface area contributed by atoms with E-state index in [1.807, 2.05) is 6.08 Å². The van der Waals surface area contributed by atoms with E-state index >= 15 is 0 Å². The first kappa shape index (κ1) is 18.4. The molecule has 0 saturated carbocycles. The topological polar surface area (TPSA) is 0 Å². The van der Waals surface area contributed by atoms with Crippen molar-refractivity contribution >= 4 is 48.0 Å². The van der Waals surface area contributed by atoms with Gasteiger partial charge in [-0.05, 0) is 0 Å². The molecular formula is C8H13I2Pt-. The van der Waals surface area contributed by atoms with Gasteiger partial charge in [0.05, 0.1) is 0 Å². The number of hydrogen-bond donors (Lipinski definition) is 0. The predicted molar refractivity (Wildman–Crippen MR) is 66.3 cm³/mol. The Kier molecular flexibility index (Phi) is 23.7. The van der Waals surface area contributed by atoms with Crippen LogP contribution in [-0.2, 0) is 21.1 Å². The smallest absolute Gasteiger partial charge is 0 e. The Morgan fingerprint density at radius 3 is 2.55 bits per heavy atom. The second-order valence-corrected chi connectivity index (χ2v) is 2.04. The summed E-state index contributed by atoms with van der Waals surface area (Å²) in [6.45, 7) is 0. The van der Waals surface area contributed by atoms with E-state index in [2.05, 4.69) is 18.2 Å². The monoisotopic (exact) mass is 558 g/mol. The second-order valence-electron chi connectivity index (χ2n) is 2.04. The van der Waals surface area contributed by atoms with Gasteiger partial charge in [0.1, 0.15) is 0 Å². The van der Waals surface area contributed by atoms with Gasteiger partial charge in [-0.1, -0.05) is 19.3 Å². The van der Waals surface area contributed by atoms with Crippen LogP contribution < -0.4 is 0 Å². The van der Waals surface area contributed by atoms with Crippen molar-refractivity contribution in [2.75, 3.05) is 0 Å². The molecule has 0 nitrogen and oxygen atoms in total. The zero-order chi connectivity index (χ0) is 5.66. The summed E-state index contributed by atoms with van der Waals surface area (Å²) >= 11 is 0. The molecule has 0 bridgehead atoms. The van der Waals surface area contributed by atoms with Crippen LogP contribution in [-0.4, -0.2) is 0 Å². The van der Waals surface area contributed by atoms with Gasteiger partial charge in [-0.15, -0.1) is 54.4 Å². The summed E-state index contributed by atoms with van der Waals surface area (Å²) < 4.78 is 0. The Labute approximate surface area is 118 Å². The van der Waals surface area contributed by atoms with E-state index < -0.39 is 0 Å². The molecule has 0 N–H and O–H groups in total. The fourth-order valence-corrected chi connectivity index (χ4v) is 0.805. The van der Waals surface area contributed by atoms with E-state index in [4.69, 9.17) is 0 Å². The van der Waals surface area contributed by atoms with Gasteiger partial charge >= 0.3 is 0 Å². The van der Waals surface area contributed by atoms with Gasteiger partial charge in [0.25, 0.3) is 0 Å². The average molecular weight is 558 g/mol. The van der Waals surface area contributed by atoms with Gasteiger partial charge in [-0.2, -0.15) is 6.08 Å². The minimum Gasteiger partial charge on any atom is -0.275 e. The van der Waals surface area contributed by atoms with Crippen molar-refractivity contribution in [3.8, 4) is 0 Å². The van der Waals surface area contributed by atoms with Crippen molar-refractivity contribution < 1.29 is 21.1 Å². The predicted octanol–water partition coefficient (Wildman–Crippen LogP) is 3.71. The molecule has 0 spiro atoms. The van der Waals surface area contributed by atoms with Crippen LogP contribution in [0.15, 0.2) is 18.2 Å². The molecule has 70 valence electrons. The Bertz CT molecular complexity index is 96.7. The Balaban J connectivity index is -0.000000213. The first-order valence-electron chi connectivity index (χ1n) is 3.22. The molecule has 1 rings (SSSR count). The molecule has 1 aliphatic carbocycles. The molecule has 0 aliphatic heterocycles. The molecule has 0 unspecified atom stereocenters. The van der Waals surface area contributed by atoms with Crippen LogP contribution >= 0.6 is 48.0 Å². The summed E-state index contributed by atoms with van der Waals surface area (Å²) in [5, 5.41) is 0. The summed E-state index contributed by atoms with van der Waals surface area (Å²) in [4.78, 5) is 0. The fraction of sp³-hybridized carbons (Fsp3) is 0.500. The van der Waals surface area contributed by atoms with Crippen molar-refractivity contribution in [3.63, 3.8) is 0 Å². The summed E-state index contributed by atoms with van der Waals surface area (Å²) in [5.41, 5.74) is 0. The van der Waals surface area contributed by atoms with E-state index in [0.717, 1.165) is 6.42 Å². The van der Waals surface area contributed by atoms with Gasteiger partial charge < -0.3 is 0 Å². The van der Waals surface area contributed by atoms with Crippen LogP contribution in [0.4, 0.5) is 0 Å². The van der Waals surface area contributed by atoms with Gasteiger partial charge in [-0.3, -0.25) is 6.08 Å². The maximum Gasteiger partial charge on any atom is 0 e. The minimum absolute atomic E-state index is 0. The minimum atomic E-state index is 0. The Morgan fingerprint density at radius 2 is 1.82 bits per heavy atom. The quantitative estimate of drug-likeness (QED) is 0.315. The Morgan fingerprint density at radius 1 is 1.09 bits per heavy atom. The van der Waals surface area contributed by atoms with E-state index in [0.29, 0.717) is 0 Å². The van der Waals surface area contributed by atoms with Crippen LogP contribution in [0.25, 0.3) is 0 Å². The first-order valence-corrected chi connectivity index (χ1v) is 3.22. The zero-order valence-electron chi connectivity index (χ0n) is 6.19. The van der Waals surface area contributed by atoms with Crippen molar-refractivity contribution in [2.24, 2.45) is 0 Å². The molecule has 0 radical (unpaired) electrons. The van der Waals surface area contributed by atoms with Crippen molar-refractivity contribution in [2.45, 2.75) is 25.7 Å². The molecule has 0 aromatic heterocycles. The van der Waals surface area contributed by atoms with Gasteiger partial charge in [0.15, 0.2) is 0 Å². The van der Waals surface area contributed by atoms with Crippen molar-refractivity contribution in [1.82, 2.24) is 0 Å². The van der Waals surface area contributed by atoms with Crippen LogP contribution in [0.5, 0.6) is 0 Å². The molecule has 0 fully saturated rings. The third-order valence-corrected chi connectivity index (χ3v) is 1.29. The molecule has 0 atom stereocenters. The average Bonchev–Trinajstić information content (AvgIpc) is 1.62. The van der Waals surface area contributed by atoms with Crippen molar-refractivity contribution in [1.29, 1.82) is 0 Å². The molecule has 0 amide bonds. The third kappa shape index (κ3) is 11.6. The van der Waals surface area contributed by atoms with E-state index in [1.165, 1.54) is 19.3 Å². The molecule has 3 heteroatoms. The maximum absolute atomic E-state index is 3.18.